The van der Waals surface area contributed by atoms with Gasteiger partial charge in [-0.3, -0.25) is 9.69 Å². The molecule has 5 heteroatoms. The summed E-state index contributed by atoms with van der Waals surface area (Å²) < 4.78 is 0. The summed E-state index contributed by atoms with van der Waals surface area (Å²) in [6.07, 6.45) is 0. The Labute approximate surface area is 113 Å². The second-order valence-electron chi connectivity index (χ2n) is 4.67. The molecular formula is C14H21N3O2. The van der Waals surface area contributed by atoms with Gasteiger partial charge >= 0.3 is 0 Å². The van der Waals surface area contributed by atoms with Crippen molar-refractivity contribution < 1.29 is 9.90 Å². The average Bonchev–Trinajstić information content (AvgIpc) is 2.47. The van der Waals surface area contributed by atoms with Crippen molar-refractivity contribution in [1.82, 2.24) is 9.80 Å². The van der Waals surface area contributed by atoms with Crippen molar-refractivity contribution in [3.8, 4) is 0 Å². The molecule has 0 atom stereocenters. The largest absolute Gasteiger partial charge is 0.395 e. The van der Waals surface area contributed by atoms with E-state index in [0.717, 1.165) is 31.9 Å². The van der Waals surface area contributed by atoms with E-state index in [1.165, 1.54) is 0 Å². The molecule has 19 heavy (non-hydrogen) atoms. The number of anilines is 1. The predicted molar refractivity (Wildman–Crippen MR) is 75.0 cm³/mol. The summed E-state index contributed by atoms with van der Waals surface area (Å²) in [6, 6.07) is 9.74. The lowest BCUT2D eigenvalue weighted by molar-refractivity contribution is -0.131. The van der Waals surface area contributed by atoms with Crippen LogP contribution in [0.1, 0.15) is 0 Å². The number of rotatable bonds is 5. The van der Waals surface area contributed by atoms with Gasteiger partial charge in [0, 0.05) is 38.4 Å². The van der Waals surface area contributed by atoms with E-state index in [0.29, 0.717) is 13.1 Å². The minimum absolute atomic E-state index is 0.132. The quantitative estimate of drug-likeness (QED) is 0.799. The number of amides is 1. The first kappa shape index (κ1) is 13.8. The Morgan fingerprint density at radius 1 is 1.16 bits per heavy atom. The fourth-order valence-electron chi connectivity index (χ4n) is 2.21. The number of carbonyl (C=O) groups excluding carboxylic acids is 1. The standard InChI is InChI=1S/C14H21N3O2/c18-11-10-16-6-8-17(9-7-16)14(19)12-15-13-4-2-1-3-5-13/h1-5,15,18H,6-12H2. The maximum Gasteiger partial charge on any atom is 0.241 e. The number of β-amino-alcohol motifs (C(OH)–C–C–N with tert-alkyl or cyclic N) is 1. The van der Waals surface area contributed by atoms with Gasteiger partial charge in [-0.2, -0.15) is 0 Å². The SMILES string of the molecule is O=C(CNc1ccccc1)N1CCN(CCO)CC1. The van der Waals surface area contributed by atoms with Crippen LogP contribution in [-0.2, 0) is 4.79 Å². The van der Waals surface area contributed by atoms with E-state index < -0.39 is 0 Å². The number of nitrogens with zero attached hydrogens (tertiary/aromatic N) is 2. The molecule has 0 spiro atoms. The fourth-order valence-corrected chi connectivity index (χ4v) is 2.21. The molecule has 0 bridgehead atoms. The first-order chi connectivity index (χ1) is 9.29. The zero-order chi connectivity index (χ0) is 13.5. The van der Waals surface area contributed by atoms with Crippen molar-refractivity contribution >= 4 is 11.6 Å². The van der Waals surface area contributed by atoms with E-state index in [1.54, 1.807) is 0 Å². The molecule has 0 unspecified atom stereocenters. The number of piperazine rings is 1. The van der Waals surface area contributed by atoms with Gasteiger partial charge < -0.3 is 15.3 Å². The van der Waals surface area contributed by atoms with Crippen LogP contribution in [0, 0.1) is 0 Å². The normalized spacial score (nSPS) is 16.4. The van der Waals surface area contributed by atoms with E-state index in [1.807, 2.05) is 35.2 Å². The summed E-state index contributed by atoms with van der Waals surface area (Å²) in [5.41, 5.74) is 0.967. The van der Waals surface area contributed by atoms with Crippen LogP contribution in [0.4, 0.5) is 5.69 Å². The lowest BCUT2D eigenvalue weighted by Crippen LogP contribution is -2.50. The first-order valence-corrected chi connectivity index (χ1v) is 6.69. The van der Waals surface area contributed by atoms with Gasteiger partial charge in [-0.1, -0.05) is 18.2 Å². The van der Waals surface area contributed by atoms with Crippen molar-refractivity contribution in [2.24, 2.45) is 0 Å². The predicted octanol–water partition coefficient (Wildman–Crippen LogP) is 0.235. The molecule has 1 fully saturated rings. The van der Waals surface area contributed by atoms with Gasteiger partial charge in [-0.15, -0.1) is 0 Å². The Morgan fingerprint density at radius 2 is 1.84 bits per heavy atom. The molecule has 5 nitrogen and oxygen atoms in total. The van der Waals surface area contributed by atoms with E-state index >= 15 is 0 Å². The number of aliphatic hydroxyl groups excluding tert-OH is 1. The Kier molecular flexibility index (Phi) is 5.18. The highest BCUT2D eigenvalue weighted by Crippen LogP contribution is 2.06. The van der Waals surface area contributed by atoms with Gasteiger partial charge in [-0.25, -0.2) is 0 Å². The molecule has 1 heterocycles. The molecule has 1 aliphatic rings. The highest BCUT2D eigenvalue weighted by atomic mass is 16.3. The molecule has 1 aliphatic heterocycles. The van der Waals surface area contributed by atoms with Gasteiger partial charge in [0.15, 0.2) is 0 Å². The minimum Gasteiger partial charge on any atom is -0.395 e. The lowest BCUT2D eigenvalue weighted by Gasteiger charge is -2.34. The molecule has 0 saturated carbocycles. The van der Waals surface area contributed by atoms with Crippen molar-refractivity contribution in [1.29, 1.82) is 0 Å². The van der Waals surface area contributed by atoms with Crippen LogP contribution in [0.3, 0.4) is 0 Å². The Balaban J connectivity index is 1.73. The molecule has 2 N–H and O–H groups in total. The zero-order valence-electron chi connectivity index (χ0n) is 11.1. The van der Waals surface area contributed by atoms with Gasteiger partial charge in [0.25, 0.3) is 0 Å². The molecule has 0 radical (unpaired) electrons. The topological polar surface area (TPSA) is 55.8 Å². The van der Waals surface area contributed by atoms with Gasteiger partial charge in [0.05, 0.1) is 13.2 Å². The summed E-state index contributed by atoms with van der Waals surface area (Å²) >= 11 is 0. The second kappa shape index (κ2) is 7.11. The molecule has 104 valence electrons. The molecule has 0 aliphatic carbocycles. The van der Waals surface area contributed by atoms with Crippen LogP contribution in [0.2, 0.25) is 0 Å². The van der Waals surface area contributed by atoms with Gasteiger partial charge in [0.2, 0.25) is 5.91 Å². The zero-order valence-corrected chi connectivity index (χ0v) is 11.1. The average molecular weight is 263 g/mol. The summed E-state index contributed by atoms with van der Waals surface area (Å²) in [5.74, 6) is 0.132. The molecule has 2 rings (SSSR count). The van der Waals surface area contributed by atoms with Gasteiger partial charge in [0.1, 0.15) is 0 Å². The number of carbonyl (C=O) groups is 1. The second-order valence-corrected chi connectivity index (χ2v) is 4.67. The minimum atomic E-state index is 0.132. The van der Waals surface area contributed by atoms with E-state index in [9.17, 15) is 4.79 Å². The summed E-state index contributed by atoms with van der Waals surface area (Å²) in [6.45, 7) is 4.40. The maximum absolute atomic E-state index is 12.0. The Hall–Kier alpha value is -1.59. The molecule has 0 aromatic heterocycles. The van der Waals surface area contributed by atoms with Gasteiger partial charge in [-0.05, 0) is 12.1 Å². The summed E-state index contributed by atoms with van der Waals surface area (Å²) in [5, 5.41) is 12.0. The van der Waals surface area contributed by atoms with E-state index in [-0.39, 0.29) is 12.5 Å². The third kappa shape index (κ3) is 4.22. The summed E-state index contributed by atoms with van der Waals surface area (Å²) in [4.78, 5) is 16.1. The monoisotopic (exact) mass is 263 g/mol. The van der Waals surface area contributed by atoms with Crippen molar-refractivity contribution in [2.45, 2.75) is 0 Å². The first-order valence-electron chi connectivity index (χ1n) is 6.69. The van der Waals surface area contributed by atoms with E-state index in [2.05, 4.69) is 10.2 Å². The third-order valence-corrected chi connectivity index (χ3v) is 3.36. The van der Waals surface area contributed by atoms with Crippen molar-refractivity contribution in [2.75, 3.05) is 51.2 Å². The van der Waals surface area contributed by atoms with Crippen LogP contribution in [0.25, 0.3) is 0 Å². The van der Waals surface area contributed by atoms with Crippen LogP contribution < -0.4 is 5.32 Å². The molecule has 1 amide bonds. The van der Waals surface area contributed by atoms with Crippen molar-refractivity contribution in [3.05, 3.63) is 30.3 Å². The Morgan fingerprint density at radius 3 is 2.47 bits per heavy atom. The van der Waals surface area contributed by atoms with Crippen molar-refractivity contribution in [3.63, 3.8) is 0 Å². The number of benzene rings is 1. The number of aliphatic hydroxyl groups is 1. The molecule has 1 aromatic rings. The Bertz CT molecular complexity index is 389. The lowest BCUT2D eigenvalue weighted by atomic mass is 10.3. The highest BCUT2D eigenvalue weighted by molar-refractivity contribution is 5.81. The van der Waals surface area contributed by atoms with Crippen LogP contribution in [0.15, 0.2) is 30.3 Å². The van der Waals surface area contributed by atoms with Crippen LogP contribution in [-0.4, -0.2) is 66.7 Å². The smallest absolute Gasteiger partial charge is 0.241 e. The number of nitrogens with one attached hydrogen (secondary N) is 1. The van der Waals surface area contributed by atoms with E-state index in [4.69, 9.17) is 5.11 Å². The molecule has 1 aromatic carbocycles. The highest BCUT2D eigenvalue weighted by Gasteiger charge is 2.20. The molecule has 1 saturated heterocycles. The molecular weight excluding hydrogens is 242 g/mol. The fraction of sp³-hybridized carbons (Fsp3) is 0.500. The maximum atomic E-state index is 12.0. The number of hydrogen-bond acceptors (Lipinski definition) is 4. The number of para-hydroxylation sites is 1. The third-order valence-electron chi connectivity index (χ3n) is 3.36. The van der Waals surface area contributed by atoms with Crippen LogP contribution in [0.5, 0.6) is 0 Å². The van der Waals surface area contributed by atoms with Crippen LogP contribution >= 0.6 is 0 Å². The summed E-state index contributed by atoms with van der Waals surface area (Å²) in [7, 11) is 0. The number of hydrogen-bond donors (Lipinski definition) is 2.